The van der Waals surface area contributed by atoms with Crippen molar-refractivity contribution in [1.29, 1.82) is 0 Å². The Labute approximate surface area is 119 Å². The number of rotatable bonds is 4. The third-order valence-electron chi connectivity index (χ3n) is 2.32. The molecule has 0 radical (unpaired) electrons. The first-order chi connectivity index (χ1) is 8.83. The zero-order valence-corrected chi connectivity index (χ0v) is 12.3. The summed E-state index contributed by atoms with van der Waals surface area (Å²) in [6.45, 7) is 0.199. The van der Waals surface area contributed by atoms with E-state index >= 15 is 0 Å². The van der Waals surface area contributed by atoms with E-state index in [0.29, 0.717) is 4.68 Å². The molecule has 0 amide bonds. The van der Waals surface area contributed by atoms with E-state index in [1.54, 1.807) is 0 Å². The van der Waals surface area contributed by atoms with E-state index in [0.717, 1.165) is 11.8 Å². The Balaban J connectivity index is 3.36. The molecule has 2 N–H and O–H groups in total. The Hall–Kier alpha value is -1.21. The van der Waals surface area contributed by atoms with Crippen LogP contribution in [0.25, 0.3) is 0 Å². The van der Waals surface area contributed by atoms with E-state index < -0.39 is 32.7 Å². The number of nitrogens with one attached hydrogen (secondary N) is 1. The van der Waals surface area contributed by atoms with Crippen molar-refractivity contribution >= 4 is 31.9 Å². The first kappa shape index (κ1) is 16.8. The molecule has 0 aliphatic rings. The fourth-order valence-electron chi connectivity index (χ4n) is 1.15. The zero-order chi connectivity index (χ0) is 15.9. The summed E-state index contributed by atoms with van der Waals surface area (Å²) in [5.41, 5.74) is -3.68. The van der Waals surface area contributed by atoms with Gasteiger partial charge in [0.2, 0.25) is 10.6 Å². The lowest BCUT2D eigenvalue weighted by molar-refractivity contribution is -0.201. The Bertz CT molecular complexity index is 623. The predicted molar refractivity (Wildman–Crippen MR) is 61.1 cm³/mol. The fraction of sp³-hybridized carbons (Fsp3) is 0.571. The molecule has 0 aliphatic heterocycles. The van der Waals surface area contributed by atoms with Crippen molar-refractivity contribution in [3.8, 4) is 0 Å². The smallest absolute Gasteiger partial charge is 0.418 e. The first-order valence-corrected chi connectivity index (χ1v) is 7.00. The number of hydrogen-bond donors (Lipinski definition) is 2. The summed E-state index contributed by atoms with van der Waals surface area (Å²) in [7, 11) is -3.70. The molecular weight excluding hydrogens is 373 g/mol. The molecule has 8 nitrogen and oxygen atoms in total. The molecule has 1 aromatic heterocycles. The number of halogens is 4. The Morgan fingerprint density at radius 3 is 2.25 bits per heavy atom. The van der Waals surface area contributed by atoms with Crippen LogP contribution in [0.1, 0.15) is 6.92 Å². The van der Waals surface area contributed by atoms with E-state index in [-0.39, 0.29) is 11.5 Å². The van der Waals surface area contributed by atoms with Crippen LogP contribution in [0.3, 0.4) is 0 Å². The number of aromatic nitrogens is 3. The average Bonchev–Trinajstić information content (AvgIpc) is 2.56. The Morgan fingerprint density at radius 1 is 1.45 bits per heavy atom. The predicted octanol–water partition coefficient (Wildman–Crippen LogP) is 0.261. The number of aryl methyl sites for hydroxylation is 1. The largest absolute Gasteiger partial charge is 0.480 e. The molecular formula is C7H8BrF3N4O4S. The summed E-state index contributed by atoms with van der Waals surface area (Å²) >= 11 is 2.71. The van der Waals surface area contributed by atoms with Crippen LogP contribution in [-0.2, 0) is 21.9 Å². The van der Waals surface area contributed by atoms with Gasteiger partial charge in [0, 0.05) is 7.05 Å². The summed E-state index contributed by atoms with van der Waals surface area (Å²) in [6, 6.07) is 0. The summed E-state index contributed by atoms with van der Waals surface area (Å²) < 4.78 is 63.6. The molecule has 0 aromatic carbocycles. The molecule has 0 saturated heterocycles. The summed E-state index contributed by atoms with van der Waals surface area (Å²) in [5.74, 6) is -2.39. The van der Waals surface area contributed by atoms with Gasteiger partial charge in [0.15, 0.2) is 4.60 Å². The van der Waals surface area contributed by atoms with Crippen molar-refractivity contribution < 1.29 is 31.5 Å². The molecule has 0 aliphatic carbocycles. The van der Waals surface area contributed by atoms with Gasteiger partial charge >= 0.3 is 12.1 Å². The van der Waals surface area contributed by atoms with Gasteiger partial charge in [-0.1, -0.05) is 5.21 Å². The second-order valence-corrected chi connectivity index (χ2v) is 6.19. The molecule has 0 spiro atoms. The van der Waals surface area contributed by atoms with Crippen molar-refractivity contribution in [3.63, 3.8) is 0 Å². The number of carboxylic acids is 1. The maximum absolute atomic E-state index is 12.8. The van der Waals surface area contributed by atoms with Crippen molar-refractivity contribution in [1.82, 2.24) is 19.7 Å². The van der Waals surface area contributed by atoms with Crippen LogP contribution in [0.2, 0.25) is 0 Å². The molecule has 1 atom stereocenters. The monoisotopic (exact) mass is 380 g/mol. The molecule has 0 saturated carbocycles. The highest BCUT2D eigenvalue weighted by Gasteiger charge is 2.60. The number of aliphatic carboxylic acids is 1. The Kier molecular flexibility index (Phi) is 4.18. The van der Waals surface area contributed by atoms with Crippen molar-refractivity contribution in [2.45, 2.75) is 23.7 Å². The van der Waals surface area contributed by atoms with Crippen molar-refractivity contribution in [2.24, 2.45) is 7.05 Å². The van der Waals surface area contributed by atoms with E-state index in [1.807, 2.05) is 0 Å². The zero-order valence-electron chi connectivity index (χ0n) is 9.93. The number of nitrogens with zero attached hydrogens (tertiary/aromatic N) is 3. The fourth-order valence-corrected chi connectivity index (χ4v) is 3.60. The second-order valence-electron chi connectivity index (χ2n) is 3.84. The van der Waals surface area contributed by atoms with Crippen LogP contribution in [0.4, 0.5) is 13.2 Å². The lowest BCUT2D eigenvalue weighted by atomic mass is 10.0. The van der Waals surface area contributed by atoms with E-state index in [1.165, 1.54) is 0 Å². The van der Waals surface area contributed by atoms with Gasteiger partial charge in [-0.05, 0) is 22.9 Å². The van der Waals surface area contributed by atoms with Crippen molar-refractivity contribution in [3.05, 3.63) is 4.60 Å². The topological polar surface area (TPSA) is 114 Å². The number of carboxylic acid groups (broad SMARTS) is 1. The van der Waals surface area contributed by atoms with Gasteiger partial charge in [0.05, 0.1) is 0 Å². The lowest BCUT2D eigenvalue weighted by Gasteiger charge is -2.28. The summed E-state index contributed by atoms with van der Waals surface area (Å²) in [4.78, 5) is 10.8. The highest BCUT2D eigenvalue weighted by atomic mass is 79.9. The average molecular weight is 381 g/mol. The van der Waals surface area contributed by atoms with Crippen LogP contribution < -0.4 is 4.72 Å². The first-order valence-electron chi connectivity index (χ1n) is 4.72. The summed E-state index contributed by atoms with van der Waals surface area (Å²) in [6.07, 6.45) is -5.34. The molecule has 0 bridgehead atoms. The van der Waals surface area contributed by atoms with Gasteiger partial charge < -0.3 is 5.11 Å². The molecule has 0 fully saturated rings. The van der Waals surface area contributed by atoms with Gasteiger partial charge in [-0.3, -0.25) is 0 Å². The SMILES string of the molecule is Cn1nnc(Br)c1S(=O)(=O)NC(C)(C(=O)O)C(F)(F)F. The minimum atomic E-state index is -5.34. The quantitative estimate of drug-likeness (QED) is 0.774. The third kappa shape index (κ3) is 2.78. The lowest BCUT2D eigenvalue weighted by Crippen LogP contribution is -2.61. The van der Waals surface area contributed by atoms with E-state index in [9.17, 15) is 26.4 Å². The maximum atomic E-state index is 12.8. The number of carbonyl (C=O) groups is 1. The molecule has 1 unspecified atom stereocenters. The normalized spacial score (nSPS) is 15.9. The minimum Gasteiger partial charge on any atom is -0.480 e. The van der Waals surface area contributed by atoms with Crippen LogP contribution >= 0.6 is 15.9 Å². The van der Waals surface area contributed by atoms with Gasteiger partial charge in [-0.15, -0.1) is 5.10 Å². The number of hydrogen-bond acceptors (Lipinski definition) is 5. The van der Waals surface area contributed by atoms with Crippen LogP contribution in [-0.4, -0.2) is 46.2 Å². The van der Waals surface area contributed by atoms with Crippen LogP contribution in [0, 0.1) is 0 Å². The van der Waals surface area contributed by atoms with E-state index in [4.69, 9.17) is 5.11 Å². The van der Waals surface area contributed by atoms with Gasteiger partial charge in [0.1, 0.15) is 0 Å². The molecule has 1 heterocycles. The maximum Gasteiger partial charge on any atom is 0.418 e. The summed E-state index contributed by atoms with van der Waals surface area (Å²) in [5, 5.41) is 14.5. The van der Waals surface area contributed by atoms with E-state index in [2.05, 4.69) is 26.2 Å². The highest BCUT2D eigenvalue weighted by molar-refractivity contribution is 9.10. The number of sulfonamides is 1. The minimum absolute atomic E-state index is 0.199. The molecule has 20 heavy (non-hydrogen) atoms. The van der Waals surface area contributed by atoms with Crippen LogP contribution in [0.15, 0.2) is 9.63 Å². The van der Waals surface area contributed by atoms with Gasteiger partial charge in [0.25, 0.3) is 10.0 Å². The molecule has 1 rings (SSSR count). The molecule has 114 valence electrons. The highest BCUT2D eigenvalue weighted by Crippen LogP contribution is 2.32. The Morgan fingerprint density at radius 2 is 1.95 bits per heavy atom. The number of alkyl halides is 3. The van der Waals surface area contributed by atoms with Crippen molar-refractivity contribution in [2.75, 3.05) is 0 Å². The van der Waals surface area contributed by atoms with Gasteiger partial charge in [-0.2, -0.15) is 17.9 Å². The van der Waals surface area contributed by atoms with Gasteiger partial charge in [-0.25, -0.2) is 17.9 Å². The van der Waals surface area contributed by atoms with Crippen LogP contribution in [0.5, 0.6) is 0 Å². The molecule has 13 heteroatoms. The third-order valence-corrected chi connectivity index (χ3v) is 4.77. The standard InChI is InChI=1S/C7H8BrF3N4O4S/c1-6(5(16)17,7(9,10)11)13-20(18,19)4-3(8)12-14-15(4)2/h13H,1-2H3,(H,16,17). The second kappa shape index (κ2) is 4.96. The molecule has 1 aromatic rings.